The zero-order chi connectivity index (χ0) is 18.5. The molecule has 1 aliphatic rings. The molecule has 0 fully saturated rings. The minimum Gasteiger partial charge on any atom is -0.313 e. The van der Waals surface area contributed by atoms with Crippen LogP contribution in [0.4, 0.5) is 0 Å². The van der Waals surface area contributed by atoms with E-state index < -0.39 is 15.7 Å². The smallest absolute Gasteiger partial charge is 0.313 e. The average Bonchev–Trinajstić information content (AvgIpc) is 3.11. The van der Waals surface area contributed by atoms with Crippen molar-refractivity contribution in [2.24, 2.45) is 0 Å². The van der Waals surface area contributed by atoms with Crippen molar-refractivity contribution in [3.63, 3.8) is 0 Å². The molecule has 6 nitrogen and oxygen atoms in total. The first kappa shape index (κ1) is 18.0. The van der Waals surface area contributed by atoms with Gasteiger partial charge in [-0.05, 0) is 34.1 Å². The second-order valence-corrected chi connectivity index (χ2v) is 10.2. The first-order valence-corrected chi connectivity index (χ1v) is 11.2. The molecule has 1 N–H and O–H groups in total. The normalized spacial score (nSPS) is 15.4. The van der Waals surface area contributed by atoms with Crippen LogP contribution in [0.5, 0.6) is 0 Å². The van der Waals surface area contributed by atoms with Crippen molar-refractivity contribution >= 4 is 65.6 Å². The van der Waals surface area contributed by atoms with E-state index in [9.17, 15) is 13.2 Å². The molecule has 3 heterocycles. The van der Waals surface area contributed by atoms with Crippen LogP contribution in [0.25, 0.3) is 16.7 Å². The summed E-state index contributed by atoms with van der Waals surface area (Å²) in [5.41, 5.74) is 1.10. The average molecular weight is 475 g/mol. The molecule has 3 aromatic rings. The van der Waals surface area contributed by atoms with Crippen molar-refractivity contribution in [2.45, 2.75) is 10.6 Å². The van der Waals surface area contributed by atoms with E-state index in [4.69, 9.17) is 11.6 Å². The van der Waals surface area contributed by atoms with E-state index in [0.29, 0.717) is 32.8 Å². The highest BCUT2D eigenvalue weighted by Crippen LogP contribution is 2.36. The largest absolute Gasteiger partial charge is 0.347 e. The zero-order valence-electron chi connectivity index (χ0n) is 13.3. The molecule has 0 unspecified atom stereocenters. The van der Waals surface area contributed by atoms with Crippen molar-refractivity contribution < 1.29 is 8.42 Å². The number of nitrogens with zero attached hydrogens (tertiary/aromatic N) is 2. The highest BCUT2D eigenvalue weighted by molar-refractivity contribution is 9.10. The Morgan fingerprint density at radius 2 is 1.96 bits per heavy atom. The fourth-order valence-electron chi connectivity index (χ4n) is 3.03. The molecule has 0 amide bonds. The Hall–Kier alpha value is -1.39. The number of hydrogen-bond acceptors (Lipinski definition) is 5. The van der Waals surface area contributed by atoms with Gasteiger partial charge in [0.1, 0.15) is 0 Å². The van der Waals surface area contributed by atoms with Crippen molar-refractivity contribution in [3.8, 4) is 0 Å². The van der Waals surface area contributed by atoms with Gasteiger partial charge in [0.15, 0.2) is 4.21 Å². The van der Waals surface area contributed by atoms with E-state index in [-0.39, 0.29) is 4.21 Å². The molecule has 1 aliphatic heterocycles. The highest BCUT2D eigenvalue weighted by atomic mass is 79.9. The number of para-hydroxylation sites is 2. The van der Waals surface area contributed by atoms with Crippen molar-refractivity contribution in [1.82, 2.24) is 13.9 Å². The number of nitrogens with one attached hydrogen (secondary N) is 1. The van der Waals surface area contributed by atoms with Crippen LogP contribution in [-0.2, 0) is 10.0 Å². The predicted molar refractivity (Wildman–Crippen MR) is 108 cm³/mol. The summed E-state index contributed by atoms with van der Waals surface area (Å²) >= 11 is 10.1. The predicted octanol–water partition coefficient (Wildman–Crippen LogP) is 3.35. The second kappa shape index (κ2) is 6.65. The van der Waals surface area contributed by atoms with Gasteiger partial charge in [-0.1, -0.05) is 29.8 Å². The van der Waals surface area contributed by atoms with Gasteiger partial charge in [0.2, 0.25) is 0 Å². The van der Waals surface area contributed by atoms with Gasteiger partial charge >= 0.3 is 5.69 Å². The summed E-state index contributed by atoms with van der Waals surface area (Å²) in [6.45, 7) is 1.37. The number of benzene rings is 1. The molecule has 2 aromatic heterocycles. The molecule has 0 saturated carbocycles. The first-order chi connectivity index (χ1) is 12.4. The lowest BCUT2D eigenvalue weighted by molar-refractivity contribution is 0.588. The molecule has 0 spiro atoms. The third-order valence-corrected chi connectivity index (χ3v) is 8.75. The molecule has 0 radical (unpaired) electrons. The SMILES string of the molecule is O=c1n(C2=CCNCC2)c2ccccc2n1S(=O)(=O)c1sc(Cl)cc1Br. The van der Waals surface area contributed by atoms with Gasteiger partial charge in [-0.25, -0.2) is 4.79 Å². The molecule has 0 bridgehead atoms. The van der Waals surface area contributed by atoms with Crippen LogP contribution in [0, 0.1) is 0 Å². The number of hydrogen-bond donors (Lipinski definition) is 1. The lowest BCUT2D eigenvalue weighted by atomic mass is 10.2. The van der Waals surface area contributed by atoms with Gasteiger partial charge in [0.05, 0.1) is 19.8 Å². The van der Waals surface area contributed by atoms with Gasteiger partial charge in [0, 0.05) is 25.2 Å². The Balaban J connectivity index is 2.06. The Morgan fingerprint density at radius 3 is 2.58 bits per heavy atom. The Morgan fingerprint density at radius 1 is 1.23 bits per heavy atom. The maximum absolute atomic E-state index is 13.2. The van der Waals surface area contributed by atoms with E-state index in [1.807, 2.05) is 6.08 Å². The molecular weight excluding hydrogens is 462 g/mol. The van der Waals surface area contributed by atoms with Gasteiger partial charge in [-0.3, -0.25) is 4.57 Å². The molecule has 136 valence electrons. The highest BCUT2D eigenvalue weighted by Gasteiger charge is 2.29. The number of thiophene rings is 1. The van der Waals surface area contributed by atoms with Crippen LogP contribution in [-0.4, -0.2) is 30.0 Å². The van der Waals surface area contributed by atoms with Gasteiger partial charge in [0.25, 0.3) is 10.0 Å². The standard InChI is InChI=1S/C16H13BrClN3O3S2/c17-11-9-14(18)25-15(11)26(23,24)21-13-4-2-1-3-12(13)20(16(21)22)10-5-7-19-8-6-10/h1-5,9,19H,6-8H2. The van der Waals surface area contributed by atoms with Crippen molar-refractivity contribution in [3.05, 3.63) is 55.7 Å². The van der Waals surface area contributed by atoms with Crippen LogP contribution in [0.2, 0.25) is 4.34 Å². The lowest BCUT2D eigenvalue weighted by Gasteiger charge is -2.14. The van der Waals surface area contributed by atoms with Crippen LogP contribution in [0.3, 0.4) is 0 Å². The number of aromatic nitrogens is 2. The minimum absolute atomic E-state index is 0.00629. The summed E-state index contributed by atoms with van der Waals surface area (Å²) < 4.78 is 29.5. The Bertz CT molecular complexity index is 1210. The summed E-state index contributed by atoms with van der Waals surface area (Å²) in [5.74, 6) is 0. The molecule has 4 rings (SSSR count). The second-order valence-electron chi connectivity index (χ2n) is 5.71. The first-order valence-electron chi connectivity index (χ1n) is 7.74. The number of fused-ring (bicyclic) bond motifs is 1. The van der Waals surface area contributed by atoms with E-state index in [1.165, 1.54) is 10.6 Å². The summed E-state index contributed by atoms with van der Waals surface area (Å²) in [5, 5.41) is 3.19. The molecule has 26 heavy (non-hydrogen) atoms. The maximum Gasteiger partial charge on any atom is 0.347 e. The van der Waals surface area contributed by atoms with Crippen LogP contribution < -0.4 is 11.0 Å². The van der Waals surface area contributed by atoms with E-state index >= 15 is 0 Å². The summed E-state index contributed by atoms with van der Waals surface area (Å²) in [6.07, 6.45) is 2.55. The minimum atomic E-state index is -4.10. The molecule has 0 saturated heterocycles. The zero-order valence-corrected chi connectivity index (χ0v) is 17.3. The van der Waals surface area contributed by atoms with E-state index in [1.54, 1.807) is 24.3 Å². The topological polar surface area (TPSA) is 73.1 Å². The summed E-state index contributed by atoms with van der Waals surface area (Å²) in [6, 6.07) is 8.40. The Labute approximate surface area is 166 Å². The fraction of sp³-hybridized carbons (Fsp3) is 0.188. The molecule has 0 aliphatic carbocycles. The quantitative estimate of drug-likeness (QED) is 0.632. The Kier molecular flexibility index (Phi) is 4.60. The molecule has 1 aromatic carbocycles. The van der Waals surface area contributed by atoms with E-state index in [0.717, 1.165) is 27.6 Å². The number of imidazole rings is 1. The monoisotopic (exact) mass is 473 g/mol. The lowest BCUT2D eigenvalue weighted by Crippen LogP contribution is -2.31. The number of rotatable bonds is 3. The van der Waals surface area contributed by atoms with Crippen molar-refractivity contribution in [1.29, 1.82) is 0 Å². The third kappa shape index (κ3) is 2.78. The molecule has 0 atom stereocenters. The maximum atomic E-state index is 13.2. The van der Waals surface area contributed by atoms with Crippen molar-refractivity contribution in [2.75, 3.05) is 13.1 Å². The van der Waals surface area contributed by atoms with Crippen LogP contribution in [0.15, 0.2) is 49.9 Å². The summed E-state index contributed by atoms with van der Waals surface area (Å²) in [4.78, 5) is 13.2. The van der Waals surface area contributed by atoms with Gasteiger partial charge < -0.3 is 5.32 Å². The molecule has 10 heteroatoms. The van der Waals surface area contributed by atoms with Gasteiger partial charge in [-0.15, -0.1) is 11.3 Å². The number of halogens is 2. The van der Waals surface area contributed by atoms with E-state index in [2.05, 4.69) is 21.2 Å². The van der Waals surface area contributed by atoms with Crippen LogP contribution in [0.1, 0.15) is 6.42 Å². The van der Waals surface area contributed by atoms with Gasteiger partial charge in [-0.2, -0.15) is 12.4 Å². The fourth-order valence-corrected chi connectivity index (χ4v) is 7.47. The van der Waals surface area contributed by atoms with Crippen LogP contribution >= 0.6 is 38.9 Å². The summed E-state index contributed by atoms with van der Waals surface area (Å²) in [7, 11) is -4.10. The third-order valence-electron chi connectivity index (χ3n) is 4.13. The molecular formula is C16H13BrClN3O3S2.